The molecule has 34 heavy (non-hydrogen) atoms. The number of rotatable bonds is 10. The highest BCUT2D eigenvalue weighted by atomic mass is 16.2. The molecule has 0 saturated carbocycles. The molecule has 1 aromatic rings. The third-order valence-electron chi connectivity index (χ3n) is 5.39. The molecule has 3 unspecified atom stereocenters. The molecule has 0 aliphatic rings. The van der Waals surface area contributed by atoms with Gasteiger partial charge in [0.15, 0.2) is 0 Å². The predicted octanol–water partition coefficient (Wildman–Crippen LogP) is 6.43. The van der Waals surface area contributed by atoms with Crippen LogP contribution in [-0.4, -0.2) is 36.3 Å². The van der Waals surface area contributed by atoms with Crippen molar-refractivity contribution >= 4 is 11.8 Å². The van der Waals surface area contributed by atoms with E-state index in [1.54, 1.807) is 19.9 Å². The number of benzene rings is 1. The Morgan fingerprint density at radius 1 is 0.971 bits per heavy atom. The van der Waals surface area contributed by atoms with Crippen molar-refractivity contribution in [2.45, 2.75) is 88.1 Å². The largest absolute Gasteiger partial charge is 0.356 e. The van der Waals surface area contributed by atoms with Gasteiger partial charge in [-0.2, -0.15) is 0 Å². The fourth-order valence-corrected chi connectivity index (χ4v) is 2.24. The van der Waals surface area contributed by atoms with Crippen molar-refractivity contribution in [2.75, 3.05) is 19.6 Å². The Morgan fingerprint density at radius 3 is 1.76 bits per heavy atom. The molecule has 5 nitrogen and oxygen atoms in total. The number of nitrogens with one attached hydrogen (secondary N) is 1. The second-order valence-corrected chi connectivity index (χ2v) is 9.01. The molecule has 3 N–H and O–H groups in total. The lowest BCUT2D eigenvalue weighted by Gasteiger charge is -2.24. The standard InChI is InChI=1S/C14H21NO.C7H15NO.C5H13N.C3H6/c1-4-12(2)10-15(13(3)16)11-14-8-6-5-7-9-14;1-4-6(2)5-8-7(3)9;1-3-5(2)4-6;1-3-2/h5-9,12H,4,10-11H2,1-3H3;6H,4-5H2,1-3H3,(H,8,9);5H,3-4,6H2,1-2H3;3H,1H2,2H3. The topological polar surface area (TPSA) is 75.4 Å². The Labute approximate surface area is 211 Å². The van der Waals surface area contributed by atoms with Crippen molar-refractivity contribution in [1.82, 2.24) is 10.2 Å². The van der Waals surface area contributed by atoms with Crippen LogP contribution in [0.15, 0.2) is 43.0 Å². The fraction of sp³-hybridized carbons (Fsp3) is 0.655. The summed E-state index contributed by atoms with van der Waals surface area (Å²) in [5.41, 5.74) is 6.48. The number of nitrogens with two attached hydrogens (primary N) is 1. The predicted molar refractivity (Wildman–Crippen MR) is 150 cm³/mol. The minimum atomic E-state index is 0.0651. The Kier molecular flexibility index (Phi) is 27.3. The van der Waals surface area contributed by atoms with Crippen LogP contribution in [-0.2, 0) is 16.1 Å². The van der Waals surface area contributed by atoms with Gasteiger partial charge in [-0.1, -0.05) is 97.2 Å². The molecule has 5 heteroatoms. The molecular weight excluding hydrogens is 422 g/mol. The van der Waals surface area contributed by atoms with Gasteiger partial charge in [-0.15, -0.1) is 6.58 Å². The first-order valence-corrected chi connectivity index (χ1v) is 12.8. The Morgan fingerprint density at radius 2 is 1.44 bits per heavy atom. The van der Waals surface area contributed by atoms with E-state index in [9.17, 15) is 9.59 Å². The van der Waals surface area contributed by atoms with Gasteiger partial charge in [0.25, 0.3) is 0 Å². The quantitative estimate of drug-likeness (QED) is 0.381. The van der Waals surface area contributed by atoms with Crippen molar-refractivity contribution in [3.63, 3.8) is 0 Å². The number of hydrogen-bond donors (Lipinski definition) is 2. The highest BCUT2D eigenvalue weighted by Gasteiger charge is 2.12. The van der Waals surface area contributed by atoms with Gasteiger partial charge < -0.3 is 16.0 Å². The third-order valence-corrected chi connectivity index (χ3v) is 5.39. The summed E-state index contributed by atoms with van der Waals surface area (Å²) in [5, 5.41) is 2.76. The van der Waals surface area contributed by atoms with Crippen molar-refractivity contribution in [3.05, 3.63) is 48.6 Å². The monoisotopic (exact) mass is 477 g/mol. The van der Waals surface area contributed by atoms with Gasteiger partial charge in [0, 0.05) is 33.5 Å². The summed E-state index contributed by atoms with van der Waals surface area (Å²) < 4.78 is 0. The SMILES string of the molecule is C=CC.CCC(C)CN.CCC(C)CN(Cc1ccccc1)C(C)=O.CCC(C)CNC(C)=O. The Balaban J connectivity index is -0.000000450. The molecule has 3 atom stereocenters. The molecule has 1 rings (SSSR count). The summed E-state index contributed by atoms with van der Waals surface area (Å²) in [4.78, 5) is 23.8. The maximum absolute atomic E-state index is 11.5. The van der Waals surface area contributed by atoms with Crippen LogP contribution in [0, 0.1) is 17.8 Å². The number of carbonyl (C=O) groups excluding carboxylic acids is 2. The van der Waals surface area contributed by atoms with Crippen LogP contribution in [0.25, 0.3) is 0 Å². The molecule has 0 radical (unpaired) electrons. The molecule has 0 saturated heterocycles. The maximum atomic E-state index is 11.5. The van der Waals surface area contributed by atoms with Crippen LogP contribution in [0.5, 0.6) is 0 Å². The van der Waals surface area contributed by atoms with E-state index in [1.807, 2.05) is 30.0 Å². The van der Waals surface area contributed by atoms with E-state index in [0.29, 0.717) is 17.8 Å². The average molecular weight is 478 g/mol. The van der Waals surface area contributed by atoms with Crippen LogP contribution in [0.1, 0.15) is 87.1 Å². The highest BCUT2D eigenvalue weighted by Crippen LogP contribution is 2.09. The van der Waals surface area contributed by atoms with Crippen molar-refractivity contribution in [1.29, 1.82) is 0 Å². The van der Waals surface area contributed by atoms with E-state index in [-0.39, 0.29) is 11.8 Å². The van der Waals surface area contributed by atoms with Gasteiger partial charge in [0.1, 0.15) is 0 Å². The first kappa shape index (κ1) is 36.4. The molecule has 0 aromatic heterocycles. The van der Waals surface area contributed by atoms with Gasteiger partial charge in [0.05, 0.1) is 0 Å². The van der Waals surface area contributed by atoms with Crippen LogP contribution >= 0.6 is 0 Å². The summed E-state index contributed by atoms with van der Waals surface area (Å²) in [7, 11) is 0. The van der Waals surface area contributed by atoms with E-state index < -0.39 is 0 Å². The number of hydrogen-bond acceptors (Lipinski definition) is 3. The van der Waals surface area contributed by atoms with Gasteiger partial charge >= 0.3 is 0 Å². The van der Waals surface area contributed by atoms with Gasteiger partial charge in [-0.3, -0.25) is 9.59 Å². The van der Waals surface area contributed by atoms with Crippen molar-refractivity contribution < 1.29 is 9.59 Å². The Bertz CT molecular complexity index is 601. The van der Waals surface area contributed by atoms with Crippen LogP contribution < -0.4 is 11.1 Å². The first-order chi connectivity index (χ1) is 16.0. The molecule has 0 fully saturated rings. The zero-order valence-corrected chi connectivity index (χ0v) is 23.7. The molecule has 0 spiro atoms. The van der Waals surface area contributed by atoms with Crippen LogP contribution in [0.3, 0.4) is 0 Å². The summed E-state index contributed by atoms with van der Waals surface area (Å²) in [6, 6.07) is 10.1. The van der Waals surface area contributed by atoms with Crippen LogP contribution in [0.2, 0.25) is 0 Å². The fourth-order valence-electron chi connectivity index (χ4n) is 2.24. The van der Waals surface area contributed by atoms with E-state index in [1.165, 1.54) is 12.0 Å². The summed E-state index contributed by atoms with van der Waals surface area (Å²) in [5.74, 6) is 2.10. The van der Waals surface area contributed by atoms with E-state index >= 15 is 0 Å². The van der Waals surface area contributed by atoms with E-state index in [2.05, 4.69) is 65.6 Å². The lowest BCUT2D eigenvalue weighted by Crippen LogP contribution is -2.32. The zero-order valence-electron chi connectivity index (χ0n) is 23.7. The third kappa shape index (κ3) is 26.1. The normalized spacial score (nSPS) is 12.1. The molecule has 0 aliphatic heterocycles. The van der Waals surface area contributed by atoms with Crippen LogP contribution in [0.4, 0.5) is 0 Å². The summed E-state index contributed by atoms with van der Waals surface area (Å²) >= 11 is 0. The number of carbonyl (C=O) groups is 2. The average Bonchev–Trinajstić information content (AvgIpc) is 2.83. The molecule has 0 aliphatic carbocycles. The second kappa shape index (κ2) is 25.5. The smallest absolute Gasteiger partial charge is 0.219 e. The van der Waals surface area contributed by atoms with E-state index in [0.717, 1.165) is 39.0 Å². The Hall–Kier alpha value is -2.14. The maximum Gasteiger partial charge on any atom is 0.219 e. The first-order valence-electron chi connectivity index (χ1n) is 12.8. The van der Waals surface area contributed by atoms with Gasteiger partial charge in [0.2, 0.25) is 11.8 Å². The molecule has 0 bridgehead atoms. The second-order valence-electron chi connectivity index (χ2n) is 9.01. The highest BCUT2D eigenvalue weighted by molar-refractivity contribution is 5.73. The number of amides is 2. The van der Waals surface area contributed by atoms with Gasteiger partial charge in [-0.25, -0.2) is 0 Å². The van der Waals surface area contributed by atoms with Crippen molar-refractivity contribution in [2.24, 2.45) is 23.5 Å². The molecule has 0 heterocycles. The molecular formula is C29H55N3O2. The zero-order chi connectivity index (χ0) is 26.9. The minimum Gasteiger partial charge on any atom is -0.356 e. The van der Waals surface area contributed by atoms with E-state index in [4.69, 9.17) is 5.73 Å². The minimum absolute atomic E-state index is 0.0651. The molecule has 1 aromatic carbocycles. The lowest BCUT2D eigenvalue weighted by atomic mass is 10.1. The summed E-state index contributed by atoms with van der Waals surface area (Å²) in [6.07, 6.45) is 5.19. The lowest BCUT2D eigenvalue weighted by molar-refractivity contribution is -0.130. The van der Waals surface area contributed by atoms with Gasteiger partial charge in [-0.05, 0) is 36.8 Å². The number of allylic oxidation sites excluding steroid dienone is 1. The van der Waals surface area contributed by atoms with Crippen molar-refractivity contribution in [3.8, 4) is 0 Å². The molecule has 198 valence electrons. The number of nitrogens with zero attached hydrogens (tertiary/aromatic N) is 1. The molecule has 2 amide bonds. The summed E-state index contributed by atoms with van der Waals surface area (Å²) in [6.45, 7) is 24.5.